The minimum absolute atomic E-state index is 0.0291. The van der Waals surface area contributed by atoms with E-state index in [1.165, 1.54) is 10.6 Å². The van der Waals surface area contributed by atoms with Crippen LogP contribution in [-0.2, 0) is 13.6 Å². The Kier molecular flexibility index (Phi) is 4.30. The van der Waals surface area contributed by atoms with Crippen molar-refractivity contribution in [1.82, 2.24) is 4.57 Å². The number of aromatic nitrogens is 1. The van der Waals surface area contributed by atoms with Crippen LogP contribution in [-0.4, -0.2) is 18.8 Å². The summed E-state index contributed by atoms with van der Waals surface area (Å²) in [6.45, 7) is 0.617. The number of anilines is 1. The van der Waals surface area contributed by atoms with E-state index in [0.717, 1.165) is 22.7 Å². The van der Waals surface area contributed by atoms with Crippen LogP contribution >= 0.6 is 0 Å². The van der Waals surface area contributed by atoms with Gasteiger partial charge < -0.3 is 19.4 Å². The Balaban J connectivity index is 2.13. The van der Waals surface area contributed by atoms with Crippen LogP contribution in [0, 0.1) is 0 Å². The molecule has 0 atom stereocenters. The van der Waals surface area contributed by atoms with Gasteiger partial charge in [-0.05, 0) is 23.8 Å². The Morgan fingerprint density at radius 3 is 2.30 bits per heavy atom. The Hall–Kier alpha value is -2.43. The summed E-state index contributed by atoms with van der Waals surface area (Å²) in [7, 11) is 4.97. The first kappa shape index (κ1) is 14.0. The van der Waals surface area contributed by atoms with Gasteiger partial charge in [0.25, 0.3) is 0 Å². The Morgan fingerprint density at radius 2 is 1.75 bits per heavy atom. The van der Waals surface area contributed by atoms with Gasteiger partial charge in [0.05, 0.1) is 19.9 Å². The molecule has 5 heteroatoms. The van der Waals surface area contributed by atoms with Crippen molar-refractivity contribution in [1.29, 1.82) is 0 Å². The van der Waals surface area contributed by atoms with Gasteiger partial charge in [0.1, 0.15) is 11.5 Å². The fraction of sp³-hybridized carbons (Fsp3) is 0.267. The standard InChI is InChI=1S/C15H18N2O3/c1-17-10-12(4-5-15(17)18)16-9-11-6-13(19-2)8-14(7-11)20-3/h4-8,10,16H,9H2,1-3H3. The first-order chi connectivity index (χ1) is 9.62. The van der Waals surface area contributed by atoms with E-state index in [1.54, 1.807) is 33.5 Å². The van der Waals surface area contributed by atoms with Crippen LogP contribution in [0.15, 0.2) is 41.3 Å². The van der Waals surface area contributed by atoms with Crippen LogP contribution in [0.1, 0.15) is 5.56 Å². The normalized spacial score (nSPS) is 10.2. The topological polar surface area (TPSA) is 52.5 Å². The minimum atomic E-state index is -0.0291. The van der Waals surface area contributed by atoms with Gasteiger partial charge in [-0.15, -0.1) is 0 Å². The molecule has 0 fully saturated rings. The average Bonchev–Trinajstić information content (AvgIpc) is 2.48. The van der Waals surface area contributed by atoms with Crippen molar-refractivity contribution < 1.29 is 9.47 Å². The van der Waals surface area contributed by atoms with E-state index in [4.69, 9.17) is 9.47 Å². The van der Waals surface area contributed by atoms with E-state index in [0.29, 0.717) is 6.54 Å². The van der Waals surface area contributed by atoms with Crippen molar-refractivity contribution >= 4 is 5.69 Å². The van der Waals surface area contributed by atoms with Gasteiger partial charge in [-0.25, -0.2) is 0 Å². The second-order valence-corrected chi connectivity index (χ2v) is 4.44. The quantitative estimate of drug-likeness (QED) is 0.906. The number of rotatable bonds is 5. The first-order valence-electron chi connectivity index (χ1n) is 6.25. The molecule has 0 bridgehead atoms. The van der Waals surface area contributed by atoms with Crippen LogP contribution in [0.3, 0.4) is 0 Å². The molecule has 5 nitrogen and oxygen atoms in total. The Morgan fingerprint density at radius 1 is 1.10 bits per heavy atom. The number of pyridine rings is 1. The van der Waals surface area contributed by atoms with E-state index in [2.05, 4.69) is 5.32 Å². The molecule has 2 aromatic rings. The number of methoxy groups -OCH3 is 2. The van der Waals surface area contributed by atoms with Gasteiger partial charge >= 0.3 is 0 Å². The lowest BCUT2D eigenvalue weighted by Gasteiger charge is -2.11. The fourth-order valence-electron chi connectivity index (χ4n) is 1.87. The highest BCUT2D eigenvalue weighted by atomic mass is 16.5. The number of hydrogen-bond donors (Lipinski definition) is 1. The molecule has 0 saturated carbocycles. The van der Waals surface area contributed by atoms with Crippen molar-refractivity contribution in [2.75, 3.05) is 19.5 Å². The van der Waals surface area contributed by atoms with Crippen LogP contribution in [0.5, 0.6) is 11.5 Å². The molecule has 0 unspecified atom stereocenters. The van der Waals surface area contributed by atoms with Gasteiger partial charge in [-0.1, -0.05) is 0 Å². The maximum atomic E-state index is 11.3. The molecule has 106 valence electrons. The zero-order valence-electron chi connectivity index (χ0n) is 11.8. The van der Waals surface area contributed by atoms with E-state index >= 15 is 0 Å². The third-order valence-electron chi connectivity index (χ3n) is 2.99. The third-order valence-corrected chi connectivity index (χ3v) is 2.99. The zero-order chi connectivity index (χ0) is 14.5. The molecule has 1 aromatic heterocycles. The maximum absolute atomic E-state index is 11.3. The van der Waals surface area contributed by atoms with Gasteiger partial charge in [-0.3, -0.25) is 4.79 Å². The number of hydrogen-bond acceptors (Lipinski definition) is 4. The van der Waals surface area contributed by atoms with E-state index in [9.17, 15) is 4.79 Å². The second kappa shape index (κ2) is 6.14. The Bertz CT molecular complexity index is 628. The van der Waals surface area contributed by atoms with Gasteiger partial charge in [0.2, 0.25) is 5.56 Å². The van der Waals surface area contributed by atoms with Gasteiger partial charge in [-0.2, -0.15) is 0 Å². The van der Waals surface area contributed by atoms with Crippen LogP contribution in [0.4, 0.5) is 5.69 Å². The summed E-state index contributed by atoms with van der Waals surface area (Å²) in [6, 6.07) is 9.01. The molecule has 0 amide bonds. The maximum Gasteiger partial charge on any atom is 0.250 e. The fourth-order valence-corrected chi connectivity index (χ4v) is 1.87. The molecule has 2 rings (SSSR count). The first-order valence-corrected chi connectivity index (χ1v) is 6.25. The van der Waals surface area contributed by atoms with Crippen molar-refractivity contribution in [3.8, 4) is 11.5 Å². The number of nitrogens with zero attached hydrogens (tertiary/aromatic N) is 1. The van der Waals surface area contributed by atoms with E-state index < -0.39 is 0 Å². The molecule has 1 N–H and O–H groups in total. The van der Waals surface area contributed by atoms with Gasteiger partial charge in [0, 0.05) is 31.9 Å². The number of nitrogens with one attached hydrogen (secondary N) is 1. The van der Waals surface area contributed by atoms with Crippen LogP contribution in [0.25, 0.3) is 0 Å². The molecule has 1 heterocycles. The zero-order valence-corrected chi connectivity index (χ0v) is 11.8. The molecular formula is C15H18N2O3. The summed E-state index contributed by atoms with van der Waals surface area (Å²) in [5.41, 5.74) is 1.89. The third kappa shape index (κ3) is 3.32. The molecular weight excluding hydrogens is 256 g/mol. The summed E-state index contributed by atoms with van der Waals surface area (Å²) in [5.74, 6) is 1.50. The predicted molar refractivity (Wildman–Crippen MR) is 78.6 cm³/mol. The van der Waals surface area contributed by atoms with Crippen molar-refractivity contribution in [2.45, 2.75) is 6.54 Å². The summed E-state index contributed by atoms with van der Waals surface area (Å²) in [5, 5.41) is 3.26. The van der Waals surface area contributed by atoms with Crippen LogP contribution < -0.4 is 20.3 Å². The highest BCUT2D eigenvalue weighted by Gasteiger charge is 2.02. The van der Waals surface area contributed by atoms with Crippen LogP contribution in [0.2, 0.25) is 0 Å². The molecule has 0 aliphatic carbocycles. The minimum Gasteiger partial charge on any atom is -0.497 e. The molecule has 0 spiro atoms. The summed E-state index contributed by atoms with van der Waals surface area (Å²) >= 11 is 0. The number of ether oxygens (including phenoxy) is 2. The summed E-state index contributed by atoms with van der Waals surface area (Å²) in [4.78, 5) is 11.3. The summed E-state index contributed by atoms with van der Waals surface area (Å²) in [6.07, 6.45) is 1.76. The monoisotopic (exact) mass is 274 g/mol. The molecule has 0 aliphatic heterocycles. The lowest BCUT2D eigenvalue weighted by atomic mass is 10.2. The smallest absolute Gasteiger partial charge is 0.250 e. The van der Waals surface area contributed by atoms with Gasteiger partial charge in [0.15, 0.2) is 0 Å². The molecule has 1 aromatic carbocycles. The lowest BCUT2D eigenvalue weighted by molar-refractivity contribution is 0.393. The van der Waals surface area contributed by atoms with Crippen molar-refractivity contribution in [3.63, 3.8) is 0 Å². The molecule has 0 aliphatic rings. The predicted octanol–water partition coefficient (Wildman–Crippen LogP) is 2.01. The van der Waals surface area contributed by atoms with E-state index in [1.807, 2.05) is 18.2 Å². The highest BCUT2D eigenvalue weighted by Crippen LogP contribution is 2.23. The number of benzene rings is 1. The summed E-state index contributed by atoms with van der Waals surface area (Å²) < 4.78 is 12.0. The molecule has 0 radical (unpaired) electrons. The SMILES string of the molecule is COc1cc(CNc2ccc(=O)n(C)c2)cc(OC)c1. The second-order valence-electron chi connectivity index (χ2n) is 4.44. The largest absolute Gasteiger partial charge is 0.497 e. The lowest BCUT2D eigenvalue weighted by Crippen LogP contribution is -2.15. The molecule has 20 heavy (non-hydrogen) atoms. The van der Waals surface area contributed by atoms with Crippen molar-refractivity contribution in [2.24, 2.45) is 7.05 Å². The van der Waals surface area contributed by atoms with Crippen molar-refractivity contribution in [3.05, 3.63) is 52.4 Å². The molecule has 0 saturated heterocycles. The average molecular weight is 274 g/mol. The number of aryl methyl sites for hydroxylation is 1. The highest BCUT2D eigenvalue weighted by molar-refractivity contribution is 5.44. The Labute approximate surface area is 117 Å². The van der Waals surface area contributed by atoms with E-state index in [-0.39, 0.29) is 5.56 Å².